The predicted octanol–water partition coefficient (Wildman–Crippen LogP) is 6.79. The third-order valence-corrected chi connectivity index (χ3v) is 4.85. The molecule has 0 aliphatic rings. The summed E-state index contributed by atoms with van der Waals surface area (Å²) in [6.07, 6.45) is -14.6. The van der Waals surface area contributed by atoms with Crippen LogP contribution < -0.4 is 4.74 Å². The SMILES string of the molecule is O=S(=O)(O)c1cccc(OC(F)(F)C(F)(F)C(F)(F)/C(F)=C(\F)C(F)(F)C(F)(F)C(F)(F)C(F)(F)F)c1. The zero-order chi connectivity index (χ0) is 29.8. The Balaban J connectivity index is 3.61. The first-order valence-corrected chi connectivity index (χ1v) is 9.60. The van der Waals surface area contributed by atoms with E-state index >= 15 is 0 Å². The Morgan fingerprint density at radius 2 is 1.08 bits per heavy atom. The second-order valence-electron chi connectivity index (χ2n) is 6.57. The van der Waals surface area contributed by atoms with Crippen molar-refractivity contribution in [1.29, 1.82) is 0 Å². The van der Waals surface area contributed by atoms with Crippen LogP contribution in [0.5, 0.6) is 5.75 Å². The van der Waals surface area contributed by atoms with Crippen LogP contribution in [-0.4, -0.2) is 54.9 Å². The van der Waals surface area contributed by atoms with Gasteiger partial charge in [0.25, 0.3) is 10.1 Å². The Hall–Kier alpha value is -2.52. The van der Waals surface area contributed by atoms with E-state index in [9.17, 15) is 83.1 Å². The quantitative estimate of drug-likeness (QED) is 0.249. The lowest BCUT2D eigenvalue weighted by Gasteiger charge is -2.34. The highest BCUT2D eigenvalue weighted by Crippen LogP contribution is 2.58. The zero-order valence-electron chi connectivity index (χ0n) is 16.3. The van der Waals surface area contributed by atoms with Crippen molar-refractivity contribution in [3.8, 4) is 5.75 Å². The van der Waals surface area contributed by atoms with Gasteiger partial charge >= 0.3 is 41.9 Å². The number of hydrogen-bond acceptors (Lipinski definition) is 3. The molecule has 1 aromatic rings. The fourth-order valence-electron chi connectivity index (χ4n) is 2.02. The standard InChI is InChI=1S/C15H5F17O4S/c16-7(9(18,19)11(22,23)13(26,27)14(28,29)30)8(17)10(20,21)12(24,25)15(31,32)36-5-2-1-3-6(4-5)37(33,34)35/h1-4H,(H,33,34,35)/b8-7+. The molecule has 0 aliphatic heterocycles. The maximum Gasteiger partial charge on any atom is 0.471 e. The molecule has 37 heavy (non-hydrogen) atoms. The summed E-state index contributed by atoms with van der Waals surface area (Å²) in [5.74, 6) is -52.1. The van der Waals surface area contributed by atoms with Crippen molar-refractivity contribution in [1.82, 2.24) is 0 Å². The minimum absolute atomic E-state index is 0.0948. The molecule has 0 unspecified atom stereocenters. The molecular formula is C15H5F17O4S. The highest BCUT2D eigenvalue weighted by atomic mass is 32.2. The van der Waals surface area contributed by atoms with E-state index in [4.69, 9.17) is 4.55 Å². The topological polar surface area (TPSA) is 63.6 Å². The molecule has 0 atom stereocenters. The Morgan fingerprint density at radius 1 is 0.676 bits per heavy atom. The molecule has 0 radical (unpaired) electrons. The molecule has 0 spiro atoms. The molecule has 22 heteroatoms. The van der Waals surface area contributed by atoms with Gasteiger partial charge in [-0.15, -0.1) is 0 Å². The van der Waals surface area contributed by atoms with E-state index in [1.165, 1.54) is 0 Å². The molecule has 1 rings (SSSR count). The van der Waals surface area contributed by atoms with Gasteiger partial charge in [-0.1, -0.05) is 6.07 Å². The number of ether oxygens (including phenoxy) is 1. The van der Waals surface area contributed by atoms with Crippen molar-refractivity contribution >= 4 is 10.1 Å². The number of alkyl halides is 15. The summed E-state index contributed by atoms with van der Waals surface area (Å²) in [6.45, 7) is 0. The summed E-state index contributed by atoms with van der Waals surface area (Å²) in [7, 11) is -5.30. The van der Waals surface area contributed by atoms with Crippen molar-refractivity contribution in [2.24, 2.45) is 0 Å². The van der Waals surface area contributed by atoms with Gasteiger partial charge in [-0.3, -0.25) is 4.55 Å². The molecule has 0 saturated heterocycles. The first-order chi connectivity index (χ1) is 16.0. The number of halogens is 17. The summed E-state index contributed by atoms with van der Waals surface area (Å²) < 4.78 is 257. The van der Waals surface area contributed by atoms with Gasteiger partial charge < -0.3 is 4.74 Å². The van der Waals surface area contributed by atoms with Crippen molar-refractivity contribution < 1.29 is 92.3 Å². The van der Waals surface area contributed by atoms with E-state index in [2.05, 4.69) is 4.74 Å². The van der Waals surface area contributed by atoms with Crippen LogP contribution in [0.2, 0.25) is 0 Å². The Labute approximate surface area is 192 Å². The van der Waals surface area contributed by atoms with Crippen LogP contribution in [0.3, 0.4) is 0 Å². The summed E-state index contributed by atoms with van der Waals surface area (Å²) in [6, 6.07) is 0.563. The third-order valence-electron chi connectivity index (χ3n) is 4.00. The maximum atomic E-state index is 13.7. The first-order valence-electron chi connectivity index (χ1n) is 8.16. The average Bonchev–Trinajstić information content (AvgIpc) is 2.70. The number of rotatable bonds is 9. The lowest BCUT2D eigenvalue weighted by Crippen LogP contribution is -2.62. The summed E-state index contributed by atoms with van der Waals surface area (Å²) in [4.78, 5) is -1.42. The molecule has 1 N–H and O–H groups in total. The first kappa shape index (κ1) is 32.5. The summed E-state index contributed by atoms with van der Waals surface area (Å²) >= 11 is 0. The van der Waals surface area contributed by atoms with E-state index in [1.807, 2.05) is 0 Å². The Kier molecular flexibility index (Phi) is 7.95. The smallest absolute Gasteiger partial charge is 0.428 e. The van der Waals surface area contributed by atoms with Crippen LogP contribution >= 0.6 is 0 Å². The maximum absolute atomic E-state index is 13.7. The van der Waals surface area contributed by atoms with Crippen molar-refractivity contribution in [2.75, 3.05) is 0 Å². The normalized spacial score (nSPS) is 15.9. The number of benzene rings is 1. The second-order valence-corrected chi connectivity index (χ2v) is 7.99. The molecule has 0 aliphatic carbocycles. The minimum Gasteiger partial charge on any atom is -0.428 e. The Morgan fingerprint density at radius 3 is 1.46 bits per heavy atom. The van der Waals surface area contributed by atoms with Crippen LogP contribution in [0, 0.1) is 0 Å². The number of allylic oxidation sites excluding steroid dienone is 2. The molecule has 0 saturated carbocycles. The van der Waals surface area contributed by atoms with Gasteiger partial charge in [-0.05, 0) is 12.1 Å². The van der Waals surface area contributed by atoms with E-state index in [0.29, 0.717) is 12.1 Å². The highest BCUT2D eigenvalue weighted by molar-refractivity contribution is 7.85. The lowest BCUT2D eigenvalue weighted by molar-refractivity contribution is -0.392. The van der Waals surface area contributed by atoms with E-state index in [-0.39, 0.29) is 12.1 Å². The van der Waals surface area contributed by atoms with Crippen LogP contribution in [0.4, 0.5) is 74.6 Å². The molecule has 0 aromatic heterocycles. The van der Waals surface area contributed by atoms with Gasteiger partial charge in [0.1, 0.15) is 5.75 Å². The fraction of sp³-hybridized carbons (Fsp3) is 0.467. The highest BCUT2D eigenvalue weighted by Gasteiger charge is 2.84. The minimum atomic E-state index is -8.18. The molecule has 0 amide bonds. The van der Waals surface area contributed by atoms with Crippen molar-refractivity contribution in [2.45, 2.75) is 46.8 Å². The molecule has 0 heterocycles. The van der Waals surface area contributed by atoms with Crippen molar-refractivity contribution in [3.05, 3.63) is 35.9 Å². The summed E-state index contributed by atoms with van der Waals surface area (Å²) in [5, 5.41) is 0. The van der Waals surface area contributed by atoms with Gasteiger partial charge in [-0.25, -0.2) is 8.78 Å². The molecule has 0 fully saturated rings. The predicted molar refractivity (Wildman–Crippen MR) is 81.9 cm³/mol. The van der Waals surface area contributed by atoms with E-state index in [0.717, 1.165) is 0 Å². The fourth-order valence-corrected chi connectivity index (χ4v) is 2.54. The van der Waals surface area contributed by atoms with Gasteiger partial charge in [0.2, 0.25) is 11.7 Å². The summed E-state index contributed by atoms with van der Waals surface area (Å²) in [5.41, 5.74) is 0. The zero-order valence-corrected chi connectivity index (χ0v) is 17.1. The van der Waals surface area contributed by atoms with Gasteiger partial charge in [0, 0.05) is 6.07 Å². The van der Waals surface area contributed by atoms with E-state index < -0.39 is 74.3 Å². The van der Waals surface area contributed by atoms with Gasteiger partial charge in [0.05, 0.1) is 4.90 Å². The van der Waals surface area contributed by atoms with Gasteiger partial charge in [-0.2, -0.15) is 74.3 Å². The largest absolute Gasteiger partial charge is 0.471 e. The second kappa shape index (κ2) is 9.05. The van der Waals surface area contributed by atoms with Crippen LogP contribution in [-0.2, 0) is 10.1 Å². The molecule has 4 nitrogen and oxygen atoms in total. The van der Waals surface area contributed by atoms with Crippen molar-refractivity contribution in [3.63, 3.8) is 0 Å². The molecular weight excluding hydrogens is 599 g/mol. The van der Waals surface area contributed by atoms with Crippen LogP contribution in [0.15, 0.2) is 40.8 Å². The van der Waals surface area contributed by atoms with Crippen LogP contribution in [0.1, 0.15) is 0 Å². The molecule has 214 valence electrons. The van der Waals surface area contributed by atoms with Crippen LogP contribution in [0.25, 0.3) is 0 Å². The van der Waals surface area contributed by atoms with E-state index in [1.54, 1.807) is 0 Å². The number of hydrogen-bond donors (Lipinski definition) is 1. The lowest BCUT2D eigenvalue weighted by atomic mass is 9.99. The molecule has 1 aromatic carbocycles. The third kappa shape index (κ3) is 5.25. The average molecular weight is 604 g/mol. The Bertz CT molecular complexity index is 1150. The van der Waals surface area contributed by atoms with Gasteiger partial charge in [0.15, 0.2) is 0 Å². The molecule has 0 bridgehead atoms. The monoisotopic (exact) mass is 604 g/mol.